The van der Waals surface area contributed by atoms with Crippen LogP contribution in [0, 0.1) is 5.82 Å². The molecule has 0 aliphatic carbocycles. The van der Waals surface area contributed by atoms with Gasteiger partial charge in [-0.3, -0.25) is 9.59 Å². The summed E-state index contributed by atoms with van der Waals surface area (Å²) in [4.78, 5) is 23.9. The van der Waals surface area contributed by atoms with E-state index in [0.717, 1.165) is 5.56 Å². The van der Waals surface area contributed by atoms with E-state index in [2.05, 4.69) is 10.6 Å². The first-order valence-corrected chi connectivity index (χ1v) is 7.61. The lowest BCUT2D eigenvalue weighted by Crippen LogP contribution is -2.36. The van der Waals surface area contributed by atoms with Gasteiger partial charge < -0.3 is 15.4 Å². The molecule has 24 heavy (non-hydrogen) atoms. The van der Waals surface area contributed by atoms with Crippen molar-refractivity contribution in [2.24, 2.45) is 0 Å². The van der Waals surface area contributed by atoms with Crippen molar-refractivity contribution in [3.63, 3.8) is 0 Å². The summed E-state index contributed by atoms with van der Waals surface area (Å²) in [5, 5.41) is 5.21. The lowest BCUT2D eigenvalue weighted by molar-refractivity contribution is -0.120. The van der Waals surface area contributed by atoms with Crippen molar-refractivity contribution in [1.82, 2.24) is 10.6 Å². The first kappa shape index (κ1) is 17.5. The van der Waals surface area contributed by atoms with Gasteiger partial charge in [0.1, 0.15) is 11.6 Å². The van der Waals surface area contributed by atoms with Crippen molar-refractivity contribution >= 4 is 11.8 Å². The van der Waals surface area contributed by atoms with Crippen LogP contribution in [0.2, 0.25) is 0 Å². The maximum Gasteiger partial charge on any atom is 0.255 e. The van der Waals surface area contributed by atoms with Crippen LogP contribution in [0.15, 0.2) is 48.5 Å². The topological polar surface area (TPSA) is 67.4 Å². The van der Waals surface area contributed by atoms with E-state index < -0.39 is 0 Å². The van der Waals surface area contributed by atoms with E-state index in [1.54, 1.807) is 36.4 Å². The average Bonchev–Trinajstić information content (AvgIpc) is 2.60. The van der Waals surface area contributed by atoms with Gasteiger partial charge in [0.25, 0.3) is 5.91 Å². The zero-order chi connectivity index (χ0) is 17.4. The van der Waals surface area contributed by atoms with Crippen molar-refractivity contribution in [3.8, 4) is 5.75 Å². The summed E-state index contributed by atoms with van der Waals surface area (Å²) in [7, 11) is 0. The molecule has 0 saturated carbocycles. The molecule has 0 atom stereocenters. The minimum atomic E-state index is -0.379. The molecule has 0 spiro atoms. The maximum absolute atomic E-state index is 12.8. The van der Waals surface area contributed by atoms with Gasteiger partial charge in [0.15, 0.2) is 0 Å². The number of amides is 2. The number of nitrogens with one attached hydrogen (secondary N) is 2. The number of rotatable bonds is 7. The fourth-order valence-corrected chi connectivity index (χ4v) is 2.06. The van der Waals surface area contributed by atoms with Crippen LogP contribution < -0.4 is 15.4 Å². The van der Waals surface area contributed by atoms with Gasteiger partial charge in [0.2, 0.25) is 5.91 Å². The molecule has 0 saturated heterocycles. The first-order valence-electron chi connectivity index (χ1n) is 7.61. The summed E-state index contributed by atoms with van der Waals surface area (Å²) in [5.74, 6) is -0.563. The molecule has 0 aliphatic rings. The predicted molar refractivity (Wildman–Crippen MR) is 88.2 cm³/mol. The van der Waals surface area contributed by atoms with E-state index in [1.165, 1.54) is 12.1 Å². The molecular weight excluding hydrogens is 311 g/mol. The molecule has 0 aliphatic heterocycles. The largest absolute Gasteiger partial charge is 0.493 e. The van der Waals surface area contributed by atoms with Crippen LogP contribution in [0.4, 0.5) is 4.39 Å². The van der Waals surface area contributed by atoms with Crippen molar-refractivity contribution in [2.75, 3.05) is 13.2 Å². The molecule has 2 rings (SSSR count). The van der Waals surface area contributed by atoms with Crippen LogP contribution in [0.5, 0.6) is 5.75 Å². The Kier molecular flexibility index (Phi) is 6.31. The molecule has 126 valence electrons. The van der Waals surface area contributed by atoms with Crippen LogP contribution in [0.25, 0.3) is 0 Å². The van der Waals surface area contributed by atoms with Crippen LogP contribution in [-0.4, -0.2) is 25.0 Å². The number of para-hydroxylation sites is 1. The van der Waals surface area contributed by atoms with Gasteiger partial charge in [-0.2, -0.15) is 0 Å². The lowest BCUT2D eigenvalue weighted by Gasteiger charge is -2.10. The highest BCUT2D eigenvalue weighted by Crippen LogP contribution is 2.17. The quantitative estimate of drug-likeness (QED) is 0.818. The second-order valence-electron chi connectivity index (χ2n) is 5.02. The molecule has 2 amide bonds. The molecule has 6 heteroatoms. The van der Waals surface area contributed by atoms with Crippen LogP contribution in [0.3, 0.4) is 0 Å². The third-order valence-electron chi connectivity index (χ3n) is 3.24. The monoisotopic (exact) mass is 330 g/mol. The Bertz CT molecular complexity index is 702. The van der Waals surface area contributed by atoms with Gasteiger partial charge in [0.05, 0.1) is 18.7 Å². The van der Waals surface area contributed by atoms with Crippen molar-refractivity contribution in [3.05, 3.63) is 65.5 Å². The highest BCUT2D eigenvalue weighted by molar-refractivity contribution is 5.98. The predicted octanol–water partition coefficient (Wildman–Crippen LogP) is 2.27. The number of carbonyl (C=O) groups excluding carboxylic acids is 2. The van der Waals surface area contributed by atoms with Crippen molar-refractivity contribution in [2.45, 2.75) is 13.5 Å². The number of benzene rings is 2. The first-order chi connectivity index (χ1) is 11.6. The summed E-state index contributed by atoms with van der Waals surface area (Å²) >= 11 is 0. The smallest absolute Gasteiger partial charge is 0.255 e. The zero-order valence-electron chi connectivity index (χ0n) is 13.3. The van der Waals surface area contributed by atoms with Gasteiger partial charge in [-0.1, -0.05) is 24.3 Å². The molecule has 5 nitrogen and oxygen atoms in total. The number of halogens is 1. The Labute approximate surface area is 139 Å². The molecule has 0 bridgehead atoms. The standard InChI is InChI=1S/C18H19FN2O3/c1-2-24-16-6-4-3-5-15(16)18(23)21-12-17(22)20-11-13-7-9-14(19)10-8-13/h3-10H,2,11-12H2,1H3,(H,20,22)(H,21,23). The van der Waals surface area contributed by atoms with Crippen LogP contribution >= 0.6 is 0 Å². The van der Waals surface area contributed by atoms with Gasteiger partial charge >= 0.3 is 0 Å². The number of ether oxygens (including phenoxy) is 1. The molecule has 2 aromatic carbocycles. The molecule has 0 radical (unpaired) electrons. The van der Waals surface area contributed by atoms with Gasteiger partial charge in [-0.25, -0.2) is 4.39 Å². The maximum atomic E-state index is 12.8. The molecule has 0 unspecified atom stereocenters. The van der Waals surface area contributed by atoms with Gasteiger partial charge in [0, 0.05) is 6.54 Å². The van der Waals surface area contributed by atoms with E-state index in [0.29, 0.717) is 17.9 Å². The second kappa shape index (κ2) is 8.67. The third kappa shape index (κ3) is 5.08. The lowest BCUT2D eigenvalue weighted by atomic mass is 10.2. The summed E-state index contributed by atoms with van der Waals surface area (Å²) in [6.45, 7) is 2.39. The minimum absolute atomic E-state index is 0.152. The Morgan fingerprint density at radius 3 is 2.46 bits per heavy atom. The van der Waals surface area contributed by atoms with Crippen LogP contribution in [-0.2, 0) is 11.3 Å². The molecule has 0 heterocycles. The van der Waals surface area contributed by atoms with Crippen molar-refractivity contribution in [1.29, 1.82) is 0 Å². The fraction of sp³-hybridized carbons (Fsp3) is 0.222. The summed E-state index contributed by atoms with van der Waals surface area (Å²) in [6.07, 6.45) is 0. The highest BCUT2D eigenvalue weighted by atomic mass is 19.1. The Morgan fingerprint density at radius 2 is 1.75 bits per heavy atom. The average molecular weight is 330 g/mol. The SMILES string of the molecule is CCOc1ccccc1C(=O)NCC(=O)NCc1ccc(F)cc1. The van der Waals surface area contributed by atoms with Crippen molar-refractivity contribution < 1.29 is 18.7 Å². The number of hydrogen-bond acceptors (Lipinski definition) is 3. The normalized spacial score (nSPS) is 10.1. The van der Waals surface area contributed by atoms with E-state index in [-0.39, 0.29) is 30.7 Å². The Hall–Kier alpha value is -2.89. The molecule has 0 fully saturated rings. The Morgan fingerprint density at radius 1 is 1.04 bits per heavy atom. The minimum Gasteiger partial charge on any atom is -0.493 e. The molecular formula is C18H19FN2O3. The van der Waals surface area contributed by atoms with Gasteiger partial charge in [-0.05, 0) is 36.8 Å². The highest BCUT2D eigenvalue weighted by Gasteiger charge is 2.12. The number of carbonyl (C=O) groups is 2. The van der Waals surface area contributed by atoms with Gasteiger partial charge in [-0.15, -0.1) is 0 Å². The second-order valence-corrected chi connectivity index (χ2v) is 5.02. The van der Waals surface area contributed by atoms with E-state index in [1.807, 2.05) is 6.92 Å². The Balaban J connectivity index is 1.83. The summed E-state index contributed by atoms with van der Waals surface area (Å²) in [5.41, 5.74) is 1.16. The fourth-order valence-electron chi connectivity index (χ4n) is 2.06. The summed E-state index contributed by atoms with van der Waals surface area (Å²) in [6, 6.07) is 12.7. The van der Waals surface area contributed by atoms with E-state index in [4.69, 9.17) is 4.74 Å². The third-order valence-corrected chi connectivity index (χ3v) is 3.24. The zero-order valence-corrected chi connectivity index (χ0v) is 13.3. The molecule has 0 aromatic heterocycles. The van der Waals surface area contributed by atoms with Crippen LogP contribution in [0.1, 0.15) is 22.8 Å². The molecule has 2 N–H and O–H groups in total. The number of hydrogen-bond donors (Lipinski definition) is 2. The van der Waals surface area contributed by atoms with E-state index >= 15 is 0 Å². The molecule has 2 aromatic rings. The summed E-state index contributed by atoms with van der Waals surface area (Å²) < 4.78 is 18.2. The van der Waals surface area contributed by atoms with E-state index in [9.17, 15) is 14.0 Å².